The summed E-state index contributed by atoms with van der Waals surface area (Å²) < 4.78 is 24.9. The minimum atomic E-state index is -1.61. The minimum absolute atomic E-state index is 0.0484. The number of carbonyl (C=O) groups is 2. The third-order valence-corrected chi connectivity index (χ3v) is 4.12. The lowest BCUT2D eigenvalue weighted by molar-refractivity contribution is -0.155. The maximum atomic E-state index is 14.6. The van der Waals surface area contributed by atoms with Crippen molar-refractivity contribution in [3.8, 4) is 5.75 Å². The topological polar surface area (TPSA) is 65.0 Å². The number of Topliss-reactive ketones (excluding diaryl/α,β-unsaturated/α-hetero) is 1. The smallest absolute Gasteiger partial charge is 0.378 e. The highest BCUT2D eigenvalue weighted by Gasteiger charge is 2.43. The zero-order chi connectivity index (χ0) is 19.3. The normalized spacial score (nSPS) is 17.7. The number of esters is 1. The Bertz CT molecular complexity index is 894. The van der Waals surface area contributed by atoms with Crippen molar-refractivity contribution >= 4 is 18.0 Å². The van der Waals surface area contributed by atoms with Crippen LogP contribution in [0.4, 0.5) is 4.39 Å². The number of allylic oxidation sites excluding steroid dienone is 1. The first kappa shape index (κ1) is 18.5. The van der Waals surface area contributed by atoms with Crippen LogP contribution in [0.3, 0.4) is 0 Å². The Hall–Kier alpha value is -3.28. The van der Waals surface area contributed by atoms with Gasteiger partial charge in [0.05, 0.1) is 6.61 Å². The van der Waals surface area contributed by atoms with Crippen molar-refractivity contribution in [2.45, 2.75) is 19.1 Å². The van der Waals surface area contributed by atoms with E-state index < -0.39 is 23.1 Å². The van der Waals surface area contributed by atoms with Crippen molar-refractivity contribution < 1.29 is 23.5 Å². The summed E-state index contributed by atoms with van der Waals surface area (Å²) >= 11 is 0. The molecule has 0 amide bonds. The average Bonchev–Trinajstić information content (AvgIpc) is 3.18. The van der Waals surface area contributed by atoms with Gasteiger partial charge in [0.25, 0.3) is 5.78 Å². The molecule has 0 spiro atoms. The van der Waals surface area contributed by atoms with Crippen molar-refractivity contribution in [1.82, 2.24) is 0 Å². The maximum absolute atomic E-state index is 14.6. The number of nitrogens with zero attached hydrogens (tertiary/aromatic N) is 1. The second kappa shape index (κ2) is 7.95. The van der Waals surface area contributed by atoms with Gasteiger partial charge >= 0.3 is 5.97 Å². The van der Waals surface area contributed by atoms with Gasteiger partial charge in [-0.1, -0.05) is 36.4 Å². The molecule has 1 unspecified atom stereocenters. The first-order chi connectivity index (χ1) is 13.1. The summed E-state index contributed by atoms with van der Waals surface area (Å²) in [4.78, 5) is 28.6. The van der Waals surface area contributed by atoms with E-state index >= 15 is 0 Å². The summed E-state index contributed by atoms with van der Waals surface area (Å²) in [5.74, 6) is -2.47. The molecule has 2 aromatic carbocycles. The second-order valence-electron chi connectivity index (χ2n) is 5.87. The van der Waals surface area contributed by atoms with Crippen LogP contribution in [0.2, 0.25) is 0 Å². The number of hydrogen-bond acceptors (Lipinski definition) is 5. The lowest BCUT2D eigenvalue weighted by Crippen LogP contribution is -2.37. The van der Waals surface area contributed by atoms with Crippen molar-refractivity contribution in [3.63, 3.8) is 0 Å². The molecule has 0 fully saturated rings. The van der Waals surface area contributed by atoms with E-state index in [-0.39, 0.29) is 24.5 Å². The van der Waals surface area contributed by atoms with Crippen LogP contribution in [0, 0.1) is 5.82 Å². The quantitative estimate of drug-likeness (QED) is 0.556. The predicted molar refractivity (Wildman–Crippen MR) is 98.1 cm³/mol. The minimum Gasteiger partial charge on any atom is -0.486 e. The van der Waals surface area contributed by atoms with E-state index in [4.69, 9.17) is 9.47 Å². The van der Waals surface area contributed by atoms with Crippen molar-refractivity contribution in [3.05, 3.63) is 77.6 Å². The zero-order valence-electron chi connectivity index (χ0n) is 14.7. The number of ether oxygens (including phenoxy) is 2. The Labute approximate surface area is 156 Å². The SMILES string of the molecule is CCOC(=O)C(=O)C1(c2ccc(OCc3ccccc3)c(F)c2)C=CC=N1. The number of benzene rings is 2. The molecule has 0 radical (unpaired) electrons. The Kier molecular flexibility index (Phi) is 5.45. The first-order valence-electron chi connectivity index (χ1n) is 8.48. The van der Waals surface area contributed by atoms with Crippen LogP contribution in [0.1, 0.15) is 18.1 Å². The monoisotopic (exact) mass is 367 g/mol. The van der Waals surface area contributed by atoms with E-state index in [2.05, 4.69) is 4.99 Å². The van der Waals surface area contributed by atoms with Gasteiger partial charge in [-0.3, -0.25) is 9.79 Å². The van der Waals surface area contributed by atoms with Gasteiger partial charge in [0.15, 0.2) is 17.1 Å². The molecule has 2 aromatic rings. The Balaban J connectivity index is 1.84. The van der Waals surface area contributed by atoms with Gasteiger partial charge in [-0.05, 0) is 42.3 Å². The molecule has 1 heterocycles. The third-order valence-electron chi connectivity index (χ3n) is 4.12. The molecule has 6 heteroatoms. The largest absolute Gasteiger partial charge is 0.486 e. The summed E-state index contributed by atoms with van der Waals surface area (Å²) in [6, 6.07) is 13.5. The van der Waals surface area contributed by atoms with Gasteiger partial charge in [0.1, 0.15) is 6.61 Å². The van der Waals surface area contributed by atoms with Gasteiger partial charge in [0.2, 0.25) is 0 Å². The molecule has 0 bridgehead atoms. The summed E-state index contributed by atoms with van der Waals surface area (Å²) in [5.41, 5.74) is -0.473. The third kappa shape index (κ3) is 3.79. The molecular weight excluding hydrogens is 349 g/mol. The van der Waals surface area contributed by atoms with Crippen LogP contribution >= 0.6 is 0 Å². The molecule has 0 aromatic heterocycles. The Morgan fingerprint density at radius 1 is 1.15 bits per heavy atom. The standard InChI is InChI=1S/C21H18FNO4/c1-2-26-20(25)19(24)21(11-6-12-23-21)16-9-10-18(17(22)13-16)27-14-15-7-4-3-5-8-15/h3-13H,2,14H2,1H3. The van der Waals surface area contributed by atoms with Crippen LogP contribution in [0.15, 0.2) is 65.7 Å². The lowest BCUT2D eigenvalue weighted by atomic mass is 9.86. The van der Waals surface area contributed by atoms with Crippen LogP contribution in [-0.2, 0) is 26.5 Å². The fraction of sp³-hybridized carbons (Fsp3) is 0.190. The fourth-order valence-electron chi connectivity index (χ4n) is 2.76. The molecule has 27 heavy (non-hydrogen) atoms. The highest BCUT2D eigenvalue weighted by atomic mass is 19.1. The van der Waals surface area contributed by atoms with Gasteiger partial charge < -0.3 is 9.47 Å². The Morgan fingerprint density at radius 2 is 1.93 bits per heavy atom. The van der Waals surface area contributed by atoms with Crippen molar-refractivity contribution in [2.75, 3.05) is 6.61 Å². The molecule has 1 atom stereocenters. The van der Waals surface area contributed by atoms with E-state index in [0.29, 0.717) is 0 Å². The van der Waals surface area contributed by atoms with Crippen LogP contribution in [0.25, 0.3) is 0 Å². The molecule has 138 valence electrons. The summed E-state index contributed by atoms with van der Waals surface area (Å²) in [5, 5.41) is 0. The van der Waals surface area contributed by atoms with Crippen LogP contribution < -0.4 is 4.74 Å². The van der Waals surface area contributed by atoms with E-state index in [0.717, 1.165) is 11.6 Å². The number of hydrogen-bond donors (Lipinski definition) is 0. The molecule has 0 saturated carbocycles. The van der Waals surface area contributed by atoms with Gasteiger partial charge in [-0.25, -0.2) is 9.18 Å². The fourth-order valence-corrected chi connectivity index (χ4v) is 2.76. The highest BCUT2D eigenvalue weighted by molar-refractivity contribution is 6.38. The number of ketones is 1. The van der Waals surface area contributed by atoms with Gasteiger partial charge in [-0.2, -0.15) is 0 Å². The molecular formula is C21H18FNO4. The average molecular weight is 367 g/mol. The van der Waals surface area contributed by atoms with Crippen molar-refractivity contribution in [2.24, 2.45) is 4.99 Å². The van der Waals surface area contributed by atoms with Crippen LogP contribution in [0.5, 0.6) is 5.75 Å². The summed E-state index contributed by atoms with van der Waals surface area (Å²) in [6.07, 6.45) is 4.38. The number of carbonyl (C=O) groups excluding carboxylic acids is 2. The Morgan fingerprint density at radius 3 is 2.56 bits per heavy atom. The second-order valence-corrected chi connectivity index (χ2v) is 5.87. The van der Waals surface area contributed by atoms with E-state index in [9.17, 15) is 14.0 Å². The maximum Gasteiger partial charge on any atom is 0.378 e. The van der Waals surface area contributed by atoms with Gasteiger partial charge in [-0.15, -0.1) is 0 Å². The van der Waals surface area contributed by atoms with Crippen LogP contribution in [-0.4, -0.2) is 24.6 Å². The summed E-state index contributed by atoms with van der Waals surface area (Å²) in [7, 11) is 0. The molecule has 0 saturated heterocycles. The molecule has 0 N–H and O–H groups in total. The molecule has 1 aliphatic rings. The van der Waals surface area contributed by atoms with Crippen molar-refractivity contribution in [1.29, 1.82) is 0 Å². The predicted octanol–water partition coefficient (Wildman–Crippen LogP) is 3.37. The number of rotatable bonds is 7. The first-order valence-corrected chi connectivity index (χ1v) is 8.48. The summed E-state index contributed by atoms with van der Waals surface area (Å²) in [6.45, 7) is 1.88. The molecule has 0 aliphatic carbocycles. The lowest BCUT2D eigenvalue weighted by Gasteiger charge is -2.22. The molecule has 5 nitrogen and oxygen atoms in total. The van der Waals surface area contributed by atoms with E-state index in [1.54, 1.807) is 6.92 Å². The van der Waals surface area contributed by atoms with E-state index in [1.807, 2.05) is 30.3 Å². The molecule has 3 rings (SSSR count). The zero-order valence-corrected chi connectivity index (χ0v) is 14.7. The van der Waals surface area contributed by atoms with Gasteiger partial charge in [0, 0.05) is 6.21 Å². The van der Waals surface area contributed by atoms with E-state index in [1.165, 1.54) is 30.5 Å². The number of aliphatic imine (C=N–C) groups is 1. The molecule has 1 aliphatic heterocycles. The highest BCUT2D eigenvalue weighted by Crippen LogP contribution is 2.34. The number of halogens is 1.